The van der Waals surface area contributed by atoms with Crippen molar-refractivity contribution in [3.05, 3.63) is 59.4 Å². The number of pyridine rings is 1. The van der Waals surface area contributed by atoms with Crippen molar-refractivity contribution in [1.82, 2.24) is 9.88 Å². The molecule has 0 bridgehead atoms. The number of likely N-dealkylation sites (tertiary alicyclic amines) is 1. The minimum atomic E-state index is -0.584. The van der Waals surface area contributed by atoms with E-state index in [1.165, 1.54) is 0 Å². The fourth-order valence-electron chi connectivity index (χ4n) is 2.93. The van der Waals surface area contributed by atoms with E-state index in [9.17, 15) is 4.79 Å². The van der Waals surface area contributed by atoms with Crippen LogP contribution >= 0.6 is 11.6 Å². The molecule has 1 aromatic heterocycles. The molecule has 1 amide bonds. The van der Waals surface area contributed by atoms with Crippen molar-refractivity contribution in [1.29, 1.82) is 0 Å². The largest absolute Gasteiger partial charge is 0.479 e. The first kappa shape index (κ1) is 15.8. The van der Waals surface area contributed by atoms with Gasteiger partial charge in [-0.2, -0.15) is 0 Å². The Morgan fingerprint density at radius 3 is 2.83 bits per heavy atom. The quantitative estimate of drug-likeness (QED) is 0.854. The predicted octanol–water partition coefficient (Wildman–Crippen LogP) is 3.87. The standard InChI is InChI=1S/C18H19ClN2O2/c1-13(23-17-10-3-2-7-14(17)19)18(22)21-12-6-9-16(21)15-8-4-5-11-20-15/h2-5,7-8,10-11,13,16H,6,9,12H2,1H3/t13-,16-/m0/s1. The van der Waals surface area contributed by atoms with Gasteiger partial charge in [0, 0.05) is 12.7 Å². The fraction of sp³-hybridized carbons (Fsp3) is 0.333. The second kappa shape index (κ2) is 7.01. The van der Waals surface area contributed by atoms with Gasteiger partial charge >= 0.3 is 0 Å². The number of amides is 1. The van der Waals surface area contributed by atoms with Crippen LogP contribution in [0.1, 0.15) is 31.5 Å². The van der Waals surface area contributed by atoms with Crippen LogP contribution in [0.25, 0.3) is 0 Å². The SMILES string of the molecule is C[C@H](Oc1ccccc1Cl)C(=O)N1CCC[C@H]1c1ccccn1. The van der Waals surface area contributed by atoms with Gasteiger partial charge in [0.25, 0.3) is 5.91 Å². The van der Waals surface area contributed by atoms with Crippen LogP contribution in [-0.4, -0.2) is 28.4 Å². The first-order valence-corrected chi connectivity index (χ1v) is 8.17. The molecule has 0 spiro atoms. The van der Waals surface area contributed by atoms with E-state index in [2.05, 4.69) is 4.98 Å². The van der Waals surface area contributed by atoms with Gasteiger partial charge in [-0.15, -0.1) is 0 Å². The van der Waals surface area contributed by atoms with Crippen molar-refractivity contribution < 1.29 is 9.53 Å². The van der Waals surface area contributed by atoms with Crippen molar-refractivity contribution in [2.75, 3.05) is 6.54 Å². The number of hydrogen-bond donors (Lipinski definition) is 0. The highest BCUT2D eigenvalue weighted by Gasteiger charge is 2.34. The lowest BCUT2D eigenvalue weighted by atomic mass is 10.1. The number of aromatic nitrogens is 1. The summed E-state index contributed by atoms with van der Waals surface area (Å²) in [4.78, 5) is 19.0. The lowest BCUT2D eigenvalue weighted by Gasteiger charge is -2.27. The van der Waals surface area contributed by atoms with Gasteiger partial charge in [0.05, 0.1) is 16.8 Å². The van der Waals surface area contributed by atoms with Crippen LogP contribution in [0.3, 0.4) is 0 Å². The van der Waals surface area contributed by atoms with Gasteiger partial charge in [-0.05, 0) is 44.0 Å². The third kappa shape index (κ3) is 3.48. The molecule has 0 radical (unpaired) electrons. The summed E-state index contributed by atoms with van der Waals surface area (Å²) in [6.45, 7) is 2.50. The number of rotatable bonds is 4. The van der Waals surface area contributed by atoms with Gasteiger partial charge in [-0.3, -0.25) is 9.78 Å². The Labute approximate surface area is 141 Å². The molecule has 2 aromatic rings. The maximum Gasteiger partial charge on any atom is 0.263 e. The molecular formula is C18H19ClN2O2. The molecule has 4 nitrogen and oxygen atoms in total. The predicted molar refractivity (Wildman–Crippen MR) is 89.5 cm³/mol. The minimum Gasteiger partial charge on any atom is -0.479 e. The Hall–Kier alpha value is -2.07. The van der Waals surface area contributed by atoms with E-state index >= 15 is 0 Å². The average Bonchev–Trinajstić information content (AvgIpc) is 3.06. The highest BCUT2D eigenvalue weighted by Crippen LogP contribution is 2.32. The lowest BCUT2D eigenvalue weighted by Crippen LogP contribution is -2.40. The highest BCUT2D eigenvalue weighted by molar-refractivity contribution is 6.32. The van der Waals surface area contributed by atoms with Crippen LogP contribution in [0.4, 0.5) is 0 Å². The number of benzene rings is 1. The summed E-state index contributed by atoms with van der Waals surface area (Å²) >= 11 is 6.10. The van der Waals surface area contributed by atoms with E-state index < -0.39 is 6.10 Å². The maximum absolute atomic E-state index is 12.8. The summed E-state index contributed by atoms with van der Waals surface area (Å²) in [6.07, 6.45) is 3.09. The second-order valence-corrected chi connectivity index (χ2v) is 6.04. The Bertz CT molecular complexity index is 678. The van der Waals surface area contributed by atoms with Crippen molar-refractivity contribution >= 4 is 17.5 Å². The van der Waals surface area contributed by atoms with Crippen LogP contribution < -0.4 is 4.74 Å². The molecule has 2 atom stereocenters. The number of para-hydroxylation sites is 1. The molecule has 23 heavy (non-hydrogen) atoms. The molecule has 0 N–H and O–H groups in total. The van der Waals surface area contributed by atoms with Crippen molar-refractivity contribution in [3.8, 4) is 5.75 Å². The summed E-state index contributed by atoms with van der Waals surface area (Å²) in [5.41, 5.74) is 0.934. The van der Waals surface area contributed by atoms with Gasteiger partial charge in [-0.1, -0.05) is 29.8 Å². The molecule has 0 aliphatic carbocycles. The monoisotopic (exact) mass is 330 g/mol. The van der Waals surface area contributed by atoms with E-state index in [-0.39, 0.29) is 11.9 Å². The van der Waals surface area contributed by atoms with Crippen LogP contribution in [0.2, 0.25) is 5.02 Å². The summed E-state index contributed by atoms with van der Waals surface area (Å²) in [5, 5.41) is 0.509. The molecular weight excluding hydrogens is 312 g/mol. The van der Waals surface area contributed by atoms with Gasteiger partial charge in [0.2, 0.25) is 0 Å². The molecule has 0 unspecified atom stereocenters. The zero-order valence-corrected chi connectivity index (χ0v) is 13.7. The summed E-state index contributed by atoms with van der Waals surface area (Å²) in [6, 6.07) is 13.0. The highest BCUT2D eigenvalue weighted by atomic mass is 35.5. The van der Waals surface area contributed by atoms with Gasteiger partial charge in [0.15, 0.2) is 6.10 Å². The lowest BCUT2D eigenvalue weighted by molar-refractivity contribution is -0.139. The third-order valence-electron chi connectivity index (χ3n) is 4.05. The van der Waals surface area contributed by atoms with E-state index in [4.69, 9.17) is 16.3 Å². The zero-order chi connectivity index (χ0) is 16.2. The van der Waals surface area contributed by atoms with E-state index in [0.29, 0.717) is 10.8 Å². The van der Waals surface area contributed by atoms with Crippen molar-refractivity contribution in [3.63, 3.8) is 0 Å². The third-order valence-corrected chi connectivity index (χ3v) is 4.37. The Balaban J connectivity index is 1.73. The van der Waals surface area contributed by atoms with Crippen LogP contribution in [0, 0.1) is 0 Å². The first-order valence-electron chi connectivity index (χ1n) is 7.79. The minimum absolute atomic E-state index is 0.0287. The fourth-order valence-corrected chi connectivity index (χ4v) is 3.11. The van der Waals surface area contributed by atoms with Crippen molar-refractivity contribution in [2.24, 2.45) is 0 Å². The van der Waals surface area contributed by atoms with E-state index in [0.717, 1.165) is 25.1 Å². The van der Waals surface area contributed by atoms with Crippen molar-refractivity contribution in [2.45, 2.75) is 31.9 Å². The van der Waals surface area contributed by atoms with E-state index in [1.807, 2.05) is 35.2 Å². The van der Waals surface area contributed by atoms with Crippen LogP contribution in [0.15, 0.2) is 48.7 Å². The number of carbonyl (C=O) groups excluding carboxylic acids is 1. The van der Waals surface area contributed by atoms with Gasteiger partial charge < -0.3 is 9.64 Å². The Morgan fingerprint density at radius 2 is 2.09 bits per heavy atom. The summed E-state index contributed by atoms with van der Waals surface area (Å²) < 4.78 is 5.76. The molecule has 1 aromatic carbocycles. The first-order chi connectivity index (χ1) is 11.2. The number of hydrogen-bond acceptors (Lipinski definition) is 3. The van der Waals surface area contributed by atoms with Crippen LogP contribution in [0.5, 0.6) is 5.75 Å². The average molecular weight is 331 g/mol. The second-order valence-electron chi connectivity index (χ2n) is 5.63. The summed E-state index contributed by atoms with van der Waals surface area (Å²) in [5.74, 6) is 0.502. The maximum atomic E-state index is 12.8. The molecule has 3 rings (SSSR count). The number of ether oxygens (including phenoxy) is 1. The topological polar surface area (TPSA) is 42.4 Å². The van der Waals surface area contributed by atoms with Crippen LogP contribution in [-0.2, 0) is 4.79 Å². The molecule has 5 heteroatoms. The molecule has 1 aliphatic rings. The molecule has 1 fully saturated rings. The zero-order valence-electron chi connectivity index (χ0n) is 13.0. The molecule has 2 heterocycles. The number of halogens is 1. The number of nitrogens with zero attached hydrogens (tertiary/aromatic N) is 2. The molecule has 120 valence electrons. The molecule has 0 saturated carbocycles. The Kier molecular flexibility index (Phi) is 4.82. The molecule has 1 aliphatic heterocycles. The van der Waals surface area contributed by atoms with Gasteiger partial charge in [0.1, 0.15) is 5.75 Å². The van der Waals surface area contributed by atoms with E-state index in [1.54, 1.807) is 25.3 Å². The smallest absolute Gasteiger partial charge is 0.263 e. The normalized spacial score (nSPS) is 18.7. The number of carbonyl (C=O) groups is 1. The Morgan fingerprint density at radius 1 is 1.30 bits per heavy atom. The molecule has 1 saturated heterocycles. The summed E-state index contributed by atoms with van der Waals surface area (Å²) in [7, 11) is 0. The van der Waals surface area contributed by atoms with Gasteiger partial charge in [-0.25, -0.2) is 0 Å².